The predicted octanol–water partition coefficient (Wildman–Crippen LogP) is 0.776. The summed E-state index contributed by atoms with van der Waals surface area (Å²) >= 11 is 0. The molecule has 98 valence electrons. The Hall–Kier alpha value is -1.31. The third-order valence-electron chi connectivity index (χ3n) is 3.59. The van der Waals surface area contributed by atoms with Crippen LogP contribution in [0.5, 0.6) is 0 Å². The van der Waals surface area contributed by atoms with E-state index in [1.54, 1.807) is 0 Å². The van der Waals surface area contributed by atoms with Crippen molar-refractivity contribution in [2.75, 3.05) is 0 Å². The molecule has 0 nitrogen and oxygen atoms in total. The quantitative estimate of drug-likeness (QED) is 0.378. The molecule has 0 bridgehead atoms. The minimum absolute atomic E-state index is 0. The SMILES string of the molecule is [CH2-][P+](c1ccccc1)(c1ccccc1)c1ccccc1.[Li+]. The Labute approximate surface area is 139 Å². The van der Waals surface area contributed by atoms with Crippen molar-refractivity contribution in [1.82, 2.24) is 0 Å². The third kappa shape index (κ3) is 3.14. The molecular weight excluding hydrogens is 266 g/mol. The molecule has 0 heterocycles. The van der Waals surface area contributed by atoms with E-state index in [0.29, 0.717) is 0 Å². The van der Waals surface area contributed by atoms with Crippen LogP contribution >= 0.6 is 7.26 Å². The van der Waals surface area contributed by atoms with Crippen molar-refractivity contribution in [2.24, 2.45) is 0 Å². The second-order valence-electron chi connectivity index (χ2n) is 4.82. The van der Waals surface area contributed by atoms with E-state index in [2.05, 4.69) is 91.0 Å². The summed E-state index contributed by atoms with van der Waals surface area (Å²) in [5.41, 5.74) is 0. The normalized spacial score (nSPS) is 10.7. The Balaban J connectivity index is 0.00000161. The molecule has 3 rings (SSSR count). The average molecular weight is 283 g/mol. The van der Waals surface area contributed by atoms with Gasteiger partial charge in [-0.25, -0.2) is 0 Å². The first-order valence-electron chi connectivity index (χ1n) is 6.72. The van der Waals surface area contributed by atoms with E-state index in [4.69, 9.17) is 6.66 Å². The van der Waals surface area contributed by atoms with E-state index in [9.17, 15) is 0 Å². The Morgan fingerprint density at radius 3 is 0.952 bits per heavy atom. The number of benzene rings is 3. The van der Waals surface area contributed by atoms with Gasteiger partial charge in [0.05, 0.1) is 15.9 Å². The number of hydrogen-bond acceptors (Lipinski definition) is 0. The van der Waals surface area contributed by atoms with Crippen LogP contribution in [0.2, 0.25) is 0 Å². The summed E-state index contributed by atoms with van der Waals surface area (Å²) in [6.45, 7) is 4.69. The van der Waals surface area contributed by atoms with Gasteiger partial charge in [0.1, 0.15) is 0 Å². The van der Waals surface area contributed by atoms with Crippen molar-refractivity contribution in [3.8, 4) is 0 Å². The predicted molar refractivity (Wildman–Crippen MR) is 90.5 cm³/mol. The van der Waals surface area contributed by atoms with Crippen molar-refractivity contribution in [1.29, 1.82) is 0 Å². The van der Waals surface area contributed by atoms with Crippen LogP contribution in [0.15, 0.2) is 91.0 Å². The van der Waals surface area contributed by atoms with E-state index >= 15 is 0 Å². The smallest absolute Gasteiger partial charge is 0.165 e. The van der Waals surface area contributed by atoms with Gasteiger partial charge in [-0.1, -0.05) is 54.6 Å². The van der Waals surface area contributed by atoms with Crippen molar-refractivity contribution < 1.29 is 18.9 Å². The Morgan fingerprint density at radius 1 is 0.476 bits per heavy atom. The van der Waals surface area contributed by atoms with E-state index in [1.807, 2.05) is 0 Å². The summed E-state index contributed by atoms with van der Waals surface area (Å²) in [5, 5.41) is 3.95. The molecule has 0 amide bonds. The molecule has 0 aromatic heterocycles. The number of rotatable bonds is 3. The molecule has 3 aromatic carbocycles. The average Bonchev–Trinajstić information content (AvgIpc) is 2.56. The number of hydrogen-bond donors (Lipinski definition) is 0. The summed E-state index contributed by atoms with van der Waals surface area (Å²) in [4.78, 5) is 0. The Morgan fingerprint density at radius 2 is 0.714 bits per heavy atom. The summed E-state index contributed by atoms with van der Waals surface area (Å²) in [6, 6.07) is 31.9. The first-order valence-corrected chi connectivity index (χ1v) is 8.69. The molecular formula is C19H17LiP+. The van der Waals surface area contributed by atoms with Gasteiger partial charge in [0.2, 0.25) is 0 Å². The van der Waals surface area contributed by atoms with Crippen molar-refractivity contribution in [3.63, 3.8) is 0 Å². The molecule has 0 saturated heterocycles. The van der Waals surface area contributed by atoms with Gasteiger partial charge < -0.3 is 0 Å². The second-order valence-corrected chi connectivity index (χ2v) is 7.99. The van der Waals surface area contributed by atoms with Crippen molar-refractivity contribution in [3.05, 3.63) is 97.7 Å². The molecule has 0 saturated carbocycles. The molecule has 0 atom stereocenters. The minimum Gasteiger partial charge on any atom is -0.165 e. The largest absolute Gasteiger partial charge is 1.00 e. The minimum atomic E-state index is -1.78. The maximum absolute atomic E-state index is 4.69. The van der Waals surface area contributed by atoms with Gasteiger partial charge in [-0.05, 0) is 43.7 Å². The molecule has 0 fully saturated rings. The van der Waals surface area contributed by atoms with Crippen LogP contribution in [0.1, 0.15) is 0 Å². The topological polar surface area (TPSA) is 0 Å². The fourth-order valence-corrected chi connectivity index (χ4v) is 5.43. The molecule has 2 heteroatoms. The van der Waals surface area contributed by atoms with Gasteiger partial charge >= 0.3 is 18.9 Å². The van der Waals surface area contributed by atoms with Gasteiger partial charge in [-0.2, -0.15) is 6.66 Å². The molecule has 0 spiro atoms. The molecule has 0 aliphatic rings. The van der Waals surface area contributed by atoms with Crippen molar-refractivity contribution in [2.45, 2.75) is 0 Å². The molecule has 0 unspecified atom stereocenters. The van der Waals surface area contributed by atoms with Crippen LogP contribution in [0.4, 0.5) is 0 Å². The van der Waals surface area contributed by atoms with Crippen LogP contribution in [0.3, 0.4) is 0 Å². The van der Waals surface area contributed by atoms with Crippen LogP contribution < -0.4 is 34.8 Å². The van der Waals surface area contributed by atoms with Gasteiger partial charge in [-0.3, -0.25) is 0 Å². The second kappa shape index (κ2) is 7.10. The first kappa shape index (κ1) is 16.1. The third-order valence-corrected chi connectivity index (χ3v) is 7.13. The summed E-state index contributed by atoms with van der Waals surface area (Å²) < 4.78 is 0. The van der Waals surface area contributed by atoms with Crippen LogP contribution in [0.25, 0.3) is 0 Å². The molecule has 0 aliphatic heterocycles. The van der Waals surface area contributed by atoms with Crippen LogP contribution in [-0.2, 0) is 0 Å². The molecule has 0 aliphatic carbocycles. The fraction of sp³-hybridized carbons (Fsp3) is 0. The van der Waals surface area contributed by atoms with E-state index < -0.39 is 7.26 Å². The maximum atomic E-state index is 4.69. The zero-order valence-corrected chi connectivity index (χ0v) is 13.2. The molecule has 3 aromatic rings. The maximum Gasteiger partial charge on any atom is 1.00 e. The zero-order chi connectivity index (χ0) is 13.8. The monoisotopic (exact) mass is 283 g/mol. The van der Waals surface area contributed by atoms with E-state index in [-0.39, 0.29) is 18.9 Å². The molecule has 0 radical (unpaired) electrons. The first-order chi connectivity index (χ1) is 9.82. The van der Waals surface area contributed by atoms with Crippen molar-refractivity contribution >= 4 is 23.2 Å². The van der Waals surface area contributed by atoms with Gasteiger partial charge in [0.25, 0.3) is 0 Å². The van der Waals surface area contributed by atoms with Gasteiger partial charge in [0.15, 0.2) is 0 Å². The van der Waals surface area contributed by atoms with E-state index in [1.165, 1.54) is 15.9 Å². The molecule has 0 N–H and O–H groups in total. The Bertz CT molecular complexity index is 569. The van der Waals surface area contributed by atoms with Crippen LogP contribution in [-0.4, -0.2) is 0 Å². The van der Waals surface area contributed by atoms with E-state index in [0.717, 1.165) is 0 Å². The van der Waals surface area contributed by atoms with Gasteiger partial charge in [0, 0.05) is 0 Å². The standard InChI is InChI=1S/C19H17P.Li/c1-20(17-11-5-2-6-12-17,18-13-7-3-8-14-18)19-15-9-4-10-16-19;/h2-16H,1H2;/q;+1. The summed E-state index contributed by atoms with van der Waals surface area (Å²) in [6.07, 6.45) is 0. The fourth-order valence-electron chi connectivity index (χ4n) is 2.49. The summed E-state index contributed by atoms with van der Waals surface area (Å²) in [5.74, 6) is 0. The molecule has 21 heavy (non-hydrogen) atoms. The summed E-state index contributed by atoms with van der Waals surface area (Å²) in [7, 11) is -1.78. The Kier molecular flexibility index (Phi) is 5.43. The zero-order valence-electron chi connectivity index (χ0n) is 12.3. The van der Waals surface area contributed by atoms with Gasteiger partial charge in [-0.15, -0.1) is 0 Å². The van der Waals surface area contributed by atoms with Crippen LogP contribution in [0, 0.1) is 6.66 Å².